The van der Waals surface area contributed by atoms with Gasteiger partial charge in [-0.3, -0.25) is 14.9 Å². The molecule has 138 valence electrons. The molecule has 0 saturated carbocycles. The third-order valence-corrected chi connectivity index (χ3v) is 5.57. The summed E-state index contributed by atoms with van der Waals surface area (Å²) < 4.78 is 0.629. The lowest BCUT2D eigenvalue weighted by Crippen LogP contribution is -2.24. The van der Waals surface area contributed by atoms with Gasteiger partial charge in [0.05, 0.1) is 5.75 Å². The van der Waals surface area contributed by atoms with E-state index in [4.69, 9.17) is 0 Å². The number of benzene rings is 2. The van der Waals surface area contributed by atoms with Gasteiger partial charge in [-0.05, 0) is 24.6 Å². The van der Waals surface area contributed by atoms with Gasteiger partial charge < -0.3 is 5.32 Å². The quantitative estimate of drug-likeness (QED) is 0.470. The summed E-state index contributed by atoms with van der Waals surface area (Å²) >= 11 is 2.53. The van der Waals surface area contributed by atoms with Gasteiger partial charge in [-0.25, -0.2) is 0 Å². The van der Waals surface area contributed by atoms with Crippen LogP contribution in [0.25, 0.3) is 0 Å². The molecule has 1 heterocycles. The first-order chi connectivity index (χ1) is 13.1. The molecular weight excluding hydrogens is 380 g/mol. The third kappa shape index (κ3) is 5.90. The van der Waals surface area contributed by atoms with E-state index < -0.39 is 0 Å². The average molecular weight is 399 g/mol. The Morgan fingerprint density at radius 2 is 1.78 bits per heavy atom. The Hall–Kier alpha value is -2.71. The van der Waals surface area contributed by atoms with Gasteiger partial charge in [-0.15, -0.1) is 10.2 Å². The van der Waals surface area contributed by atoms with Crippen LogP contribution >= 0.6 is 23.1 Å². The number of nitrogens with one attached hydrogen (secondary N) is 2. The minimum absolute atomic E-state index is 0.0781. The maximum Gasteiger partial charge on any atom is 0.257 e. The first-order valence-corrected chi connectivity index (χ1v) is 10.1. The van der Waals surface area contributed by atoms with Crippen molar-refractivity contribution in [1.82, 2.24) is 15.5 Å². The molecule has 6 nitrogen and oxygen atoms in total. The van der Waals surface area contributed by atoms with Gasteiger partial charge in [0.25, 0.3) is 5.91 Å². The SMILES string of the molecule is Cc1ccc(CNC(=O)CSc2nnc(NC(=O)c3ccccc3)s2)cc1. The Morgan fingerprint density at radius 1 is 1.04 bits per heavy atom. The molecule has 0 aliphatic carbocycles. The van der Waals surface area contributed by atoms with Crippen LogP contribution in [0.5, 0.6) is 0 Å². The lowest BCUT2D eigenvalue weighted by molar-refractivity contribution is -0.118. The van der Waals surface area contributed by atoms with E-state index in [1.54, 1.807) is 24.3 Å². The average Bonchev–Trinajstić information content (AvgIpc) is 3.14. The zero-order chi connectivity index (χ0) is 19.1. The third-order valence-electron chi connectivity index (χ3n) is 3.60. The number of hydrogen-bond donors (Lipinski definition) is 2. The summed E-state index contributed by atoms with van der Waals surface area (Å²) in [5.74, 6) is -0.0718. The maximum absolute atomic E-state index is 12.1. The summed E-state index contributed by atoms with van der Waals surface area (Å²) in [4.78, 5) is 24.1. The molecule has 0 aliphatic rings. The Kier molecular flexibility index (Phi) is 6.56. The molecule has 27 heavy (non-hydrogen) atoms. The van der Waals surface area contributed by atoms with Gasteiger partial charge in [0.15, 0.2) is 4.34 Å². The van der Waals surface area contributed by atoms with Crippen molar-refractivity contribution in [2.75, 3.05) is 11.1 Å². The fourth-order valence-electron chi connectivity index (χ4n) is 2.16. The highest BCUT2D eigenvalue weighted by Gasteiger charge is 2.11. The number of hydrogen-bond acceptors (Lipinski definition) is 6. The molecule has 0 radical (unpaired) electrons. The molecule has 0 saturated heterocycles. The monoisotopic (exact) mass is 398 g/mol. The minimum atomic E-state index is -0.237. The van der Waals surface area contributed by atoms with Crippen molar-refractivity contribution in [2.24, 2.45) is 0 Å². The Balaban J connectivity index is 1.44. The molecule has 0 bridgehead atoms. The molecule has 0 fully saturated rings. The van der Waals surface area contributed by atoms with E-state index in [-0.39, 0.29) is 17.6 Å². The largest absolute Gasteiger partial charge is 0.351 e. The van der Waals surface area contributed by atoms with Crippen molar-refractivity contribution >= 4 is 40.0 Å². The van der Waals surface area contributed by atoms with Gasteiger partial charge in [-0.2, -0.15) is 0 Å². The number of carbonyl (C=O) groups excluding carboxylic acids is 2. The van der Waals surface area contributed by atoms with Crippen LogP contribution in [-0.4, -0.2) is 27.8 Å². The van der Waals surface area contributed by atoms with Crippen molar-refractivity contribution in [3.63, 3.8) is 0 Å². The summed E-state index contributed by atoms with van der Waals surface area (Å²) in [6.45, 7) is 2.52. The number of carbonyl (C=O) groups is 2. The molecule has 0 unspecified atom stereocenters. The number of rotatable bonds is 7. The normalized spacial score (nSPS) is 10.4. The smallest absolute Gasteiger partial charge is 0.257 e. The second-order valence-corrected chi connectivity index (χ2v) is 7.94. The van der Waals surface area contributed by atoms with Crippen LogP contribution in [0, 0.1) is 6.92 Å². The predicted molar refractivity (Wildman–Crippen MR) is 108 cm³/mol. The summed E-state index contributed by atoms with van der Waals surface area (Å²) in [5.41, 5.74) is 2.80. The van der Waals surface area contributed by atoms with Crippen LogP contribution in [0.1, 0.15) is 21.5 Å². The van der Waals surface area contributed by atoms with Gasteiger partial charge in [0.1, 0.15) is 0 Å². The highest BCUT2D eigenvalue weighted by Crippen LogP contribution is 2.25. The van der Waals surface area contributed by atoms with Crippen molar-refractivity contribution in [2.45, 2.75) is 17.8 Å². The van der Waals surface area contributed by atoms with Gasteiger partial charge >= 0.3 is 0 Å². The minimum Gasteiger partial charge on any atom is -0.351 e. The van der Waals surface area contributed by atoms with Gasteiger partial charge in [0.2, 0.25) is 11.0 Å². The lowest BCUT2D eigenvalue weighted by Gasteiger charge is -2.04. The zero-order valence-corrected chi connectivity index (χ0v) is 16.3. The van der Waals surface area contributed by atoms with Crippen LogP contribution in [0.4, 0.5) is 5.13 Å². The molecule has 8 heteroatoms. The van der Waals surface area contributed by atoms with Gasteiger partial charge in [0, 0.05) is 12.1 Å². The van der Waals surface area contributed by atoms with E-state index in [1.165, 1.54) is 28.7 Å². The first-order valence-electron chi connectivity index (χ1n) is 8.25. The second kappa shape index (κ2) is 9.29. The molecule has 2 N–H and O–H groups in total. The van der Waals surface area contributed by atoms with Crippen LogP contribution < -0.4 is 10.6 Å². The van der Waals surface area contributed by atoms with E-state index in [2.05, 4.69) is 20.8 Å². The molecule has 2 amide bonds. The summed E-state index contributed by atoms with van der Waals surface area (Å²) in [6.07, 6.45) is 0. The molecular formula is C19H18N4O2S2. The molecule has 0 atom stereocenters. The van der Waals surface area contributed by atoms with E-state index in [9.17, 15) is 9.59 Å². The Labute approximate surface area is 165 Å². The topological polar surface area (TPSA) is 84.0 Å². The second-order valence-electron chi connectivity index (χ2n) is 5.74. The predicted octanol–water partition coefficient (Wildman–Crippen LogP) is 3.51. The van der Waals surface area contributed by atoms with E-state index in [0.717, 1.165) is 5.56 Å². The number of thioether (sulfide) groups is 1. The summed E-state index contributed by atoms with van der Waals surface area (Å²) in [5, 5.41) is 13.9. The number of anilines is 1. The van der Waals surface area contributed by atoms with E-state index >= 15 is 0 Å². The maximum atomic E-state index is 12.1. The van der Waals surface area contributed by atoms with Crippen molar-refractivity contribution < 1.29 is 9.59 Å². The fourth-order valence-corrected chi connectivity index (χ4v) is 3.74. The van der Waals surface area contributed by atoms with Crippen LogP contribution in [0.3, 0.4) is 0 Å². The highest BCUT2D eigenvalue weighted by atomic mass is 32.2. The molecule has 1 aromatic heterocycles. The van der Waals surface area contributed by atoms with Crippen LogP contribution in [0.15, 0.2) is 58.9 Å². The van der Waals surface area contributed by atoms with Crippen molar-refractivity contribution in [3.8, 4) is 0 Å². The fraction of sp³-hybridized carbons (Fsp3) is 0.158. The molecule has 2 aromatic carbocycles. The highest BCUT2D eigenvalue weighted by molar-refractivity contribution is 8.01. The van der Waals surface area contributed by atoms with Crippen molar-refractivity contribution in [3.05, 3.63) is 71.3 Å². The number of nitrogens with zero attached hydrogens (tertiary/aromatic N) is 2. The molecule has 3 rings (SSSR count). The number of amides is 2. The number of aryl methyl sites for hydroxylation is 1. The van der Waals surface area contributed by atoms with Crippen molar-refractivity contribution in [1.29, 1.82) is 0 Å². The zero-order valence-electron chi connectivity index (χ0n) is 14.6. The molecule has 0 spiro atoms. The summed E-state index contributed by atoms with van der Waals surface area (Å²) in [6, 6.07) is 16.9. The number of aromatic nitrogens is 2. The Bertz CT molecular complexity index is 911. The van der Waals surface area contributed by atoms with E-state index in [0.29, 0.717) is 21.6 Å². The first kappa shape index (κ1) is 19.1. The molecule has 0 aliphatic heterocycles. The van der Waals surface area contributed by atoms with Crippen LogP contribution in [-0.2, 0) is 11.3 Å². The van der Waals surface area contributed by atoms with E-state index in [1.807, 2.05) is 37.3 Å². The van der Waals surface area contributed by atoms with Gasteiger partial charge in [-0.1, -0.05) is 71.1 Å². The van der Waals surface area contributed by atoms with Crippen LogP contribution in [0.2, 0.25) is 0 Å². The standard InChI is InChI=1S/C19H18N4O2S2/c1-13-7-9-14(10-8-13)11-20-16(24)12-26-19-23-22-18(27-19)21-17(25)15-5-3-2-4-6-15/h2-10H,11-12H2,1H3,(H,20,24)(H,21,22,25). The summed E-state index contributed by atoms with van der Waals surface area (Å²) in [7, 11) is 0. The lowest BCUT2D eigenvalue weighted by atomic mass is 10.1. The Morgan fingerprint density at radius 3 is 2.52 bits per heavy atom. The molecule has 3 aromatic rings.